The second kappa shape index (κ2) is 5.89. The van der Waals surface area contributed by atoms with Crippen molar-refractivity contribution < 1.29 is 19.5 Å². The molecule has 0 aromatic heterocycles. The zero-order valence-corrected chi connectivity index (χ0v) is 10.0. The summed E-state index contributed by atoms with van der Waals surface area (Å²) in [7, 11) is 1.50. The molecular weight excluding hydrogens is 222 g/mol. The van der Waals surface area contributed by atoms with Gasteiger partial charge in [0.05, 0.1) is 13.2 Å². The largest absolute Gasteiger partial charge is 0.493 e. The van der Waals surface area contributed by atoms with Crippen molar-refractivity contribution in [2.45, 2.75) is 20.0 Å². The highest BCUT2D eigenvalue weighted by Gasteiger charge is 2.10. The molecule has 0 saturated carbocycles. The van der Waals surface area contributed by atoms with Gasteiger partial charge in [0.2, 0.25) is 0 Å². The number of carbonyl (C=O) groups excluding carboxylic acids is 1. The third kappa shape index (κ3) is 3.21. The quantitative estimate of drug-likeness (QED) is 0.367. The lowest BCUT2D eigenvalue weighted by molar-refractivity contribution is -0.102. The number of methoxy groups -OCH3 is 1. The van der Waals surface area contributed by atoms with E-state index in [1.165, 1.54) is 7.11 Å². The van der Waals surface area contributed by atoms with Crippen LogP contribution in [0, 0.1) is 0 Å². The second-order valence-corrected chi connectivity index (χ2v) is 3.64. The highest BCUT2D eigenvalue weighted by atomic mass is 16.5. The van der Waals surface area contributed by atoms with Crippen molar-refractivity contribution in [3.8, 4) is 11.5 Å². The third-order valence-corrected chi connectivity index (χ3v) is 2.04. The Hall–Kier alpha value is -2.04. The van der Waals surface area contributed by atoms with Gasteiger partial charge in [0, 0.05) is 5.56 Å². The molecule has 1 N–H and O–H groups in total. The van der Waals surface area contributed by atoms with Crippen LogP contribution in [0.25, 0.3) is 0 Å². The summed E-state index contributed by atoms with van der Waals surface area (Å²) in [4.78, 5) is 10.6. The molecule has 0 aliphatic carbocycles. The third-order valence-electron chi connectivity index (χ3n) is 2.04. The van der Waals surface area contributed by atoms with Crippen molar-refractivity contribution >= 4 is 12.0 Å². The van der Waals surface area contributed by atoms with Crippen LogP contribution in [-0.4, -0.2) is 30.4 Å². The van der Waals surface area contributed by atoms with Crippen LogP contribution in [0.2, 0.25) is 0 Å². The Bertz CT molecular complexity index is 427. The summed E-state index contributed by atoms with van der Waals surface area (Å²) in [5.74, 6) is 1.06. The van der Waals surface area contributed by atoms with Crippen LogP contribution in [0.5, 0.6) is 11.5 Å². The molecule has 0 unspecified atom stereocenters. The maximum absolute atomic E-state index is 10.6. The summed E-state index contributed by atoms with van der Waals surface area (Å²) in [5, 5.41) is 11.5. The van der Waals surface area contributed by atoms with Gasteiger partial charge in [-0.15, -0.1) is 0 Å². The molecule has 1 rings (SSSR count). The van der Waals surface area contributed by atoms with E-state index in [1.54, 1.807) is 18.2 Å². The molecule has 0 radical (unpaired) electrons. The Labute approximate surface area is 99.7 Å². The van der Waals surface area contributed by atoms with Crippen molar-refractivity contribution in [1.29, 1.82) is 0 Å². The first-order valence-electron chi connectivity index (χ1n) is 5.14. The van der Waals surface area contributed by atoms with E-state index in [4.69, 9.17) is 14.7 Å². The molecule has 0 aliphatic rings. The second-order valence-electron chi connectivity index (χ2n) is 3.64. The normalized spacial score (nSPS) is 11.4. The number of hydrogen-bond acceptors (Lipinski definition) is 5. The van der Waals surface area contributed by atoms with Crippen molar-refractivity contribution in [2.75, 3.05) is 7.11 Å². The van der Waals surface area contributed by atoms with Crippen LogP contribution in [-0.2, 0) is 4.79 Å². The van der Waals surface area contributed by atoms with Gasteiger partial charge in [-0.1, -0.05) is 5.16 Å². The molecule has 0 spiro atoms. The summed E-state index contributed by atoms with van der Waals surface area (Å²) >= 11 is 0. The molecule has 5 heteroatoms. The van der Waals surface area contributed by atoms with Gasteiger partial charge < -0.3 is 14.7 Å². The Morgan fingerprint density at radius 3 is 2.59 bits per heavy atom. The molecule has 92 valence electrons. The SMILES string of the molecule is COc1cc(C(C=O)=NO)ccc1OC(C)C. The summed E-state index contributed by atoms with van der Waals surface area (Å²) < 4.78 is 10.7. The van der Waals surface area contributed by atoms with E-state index in [-0.39, 0.29) is 11.8 Å². The summed E-state index contributed by atoms with van der Waals surface area (Å²) in [5.41, 5.74) is 0.412. The molecule has 5 nitrogen and oxygen atoms in total. The molecule has 0 fully saturated rings. The predicted octanol–water partition coefficient (Wildman–Crippen LogP) is 1.86. The Balaban J connectivity index is 3.12. The van der Waals surface area contributed by atoms with E-state index >= 15 is 0 Å². The Kier molecular flexibility index (Phi) is 4.51. The van der Waals surface area contributed by atoms with Crippen LogP contribution in [0.15, 0.2) is 23.4 Å². The van der Waals surface area contributed by atoms with E-state index in [0.29, 0.717) is 23.3 Å². The highest BCUT2D eigenvalue weighted by Crippen LogP contribution is 2.29. The molecule has 0 aliphatic heterocycles. The van der Waals surface area contributed by atoms with Gasteiger partial charge in [0.15, 0.2) is 17.8 Å². The average Bonchev–Trinajstić information content (AvgIpc) is 2.31. The van der Waals surface area contributed by atoms with Crippen molar-refractivity contribution in [1.82, 2.24) is 0 Å². The predicted molar refractivity (Wildman–Crippen MR) is 63.1 cm³/mol. The van der Waals surface area contributed by atoms with Crippen molar-refractivity contribution in [3.05, 3.63) is 23.8 Å². The van der Waals surface area contributed by atoms with Crippen LogP contribution < -0.4 is 9.47 Å². The number of oxime groups is 1. The molecule has 0 amide bonds. The van der Waals surface area contributed by atoms with Gasteiger partial charge in [-0.2, -0.15) is 0 Å². The maximum atomic E-state index is 10.6. The number of benzene rings is 1. The minimum atomic E-state index is -0.0561. The van der Waals surface area contributed by atoms with Gasteiger partial charge >= 0.3 is 0 Å². The maximum Gasteiger partial charge on any atom is 0.172 e. The van der Waals surface area contributed by atoms with Gasteiger partial charge in [-0.05, 0) is 32.0 Å². The van der Waals surface area contributed by atoms with Gasteiger partial charge in [0.25, 0.3) is 0 Å². The highest BCUT2D eigenvalue weighted by molar-refractivity contribution is 6.36. The van der Waals surface area contributed by atoms with Gasteiger partial charge in [0.1, 0.15) is 5.71 Å². The summed E-state index contributed by atoms with van der Waals surface area (Å²) in [6.07, 6.45) is 0.490. The number of aldehydes is 1. The summed E-state index contributed by atoms with van der Waals surface area (Å²) in [6.45, 7) is 3.80. The fourth-order valence-corrected chi connectivity index (χ4v) is 1.33. The lowest BCUT2D eigenvalue weighted by Crippen LogP contribution is -2.08. The molecule has 0 saturated heterocycles. The van der Waals surface area contributed by atoms with Crippen LogP contribution in [0.1, 0.15) is 19.4 Å². The molecule has 0 atom stereocenters. The lowest BCUT2D eigenvalue weighted by Gasteiger charge is -2.14. The minimum absolute atomic E-state index is 0.0202. The molecular formula is C12H15NO4. The molecule has 1 aromatic rings. The minimum Gasteiger partial charge on any atom is -0.493 e. The first-order valence-corrected chi connectivity index (χ1v) is 5.14. The van der Waals surface area contributed by atoms with E-state index in [2.05, 4.69) is 5.16 Å². The van der Waals surface area contributed by atoms with Crippen LogP contribution in [0.4, 0.5) is 0 Å². The van der Waals surface area contributed by atoms with Crippen LogP contribution >= 0.6 is 0 Å². The fourth-order valence-electron chi connectivity index (χ4n) is 1.33. The zero-order valence-electron chi connectivity index (χ0n) is 10.0. The lowest BCUT2D eigenvalue weighted by atomic mass is 10.1. The topological polar surface area (TPSA) is 68.1 Å². The average molecular weight is 237 g/mol. The van der Waals surface area contributed by atoms with Gasteiger partial charge in [-0.25, -0.2) is 0 Å². The Morgan fingerprint density at radius 1 is 1.41 bits per heavy atom. The molecule has 17 heavy (non-hydrogen) atoms. The molecule has 0 bridgehead atoms. The first-order chi connectivity index (χ1) is 8.12. The smallest absolute Gasteiger partial charge is 0.172 e. The van der Waals surface area contributed by atoms with Gasteiger partial charge in [-0.3, -0.25) is 4.79 Å². The zero-order chi connectivity index (χ0) is 12.8. The standard InChI is InChI=1S/C12H15NO4/c1-8(2)17-11-5-4-9(6-12(11)16-3)10(7-14)13-15/h4-8,15H,1-3H3. The Morgan fingerprint density at radius 2 is 2.12 bits per heavy atom. The number of nitrogens with zero attached hydrogens (tertiary/aromatic N) is 1. The van der Waals surface area contributed by atoms with Crippen LogP contribution in [0.3, 0.4) is 0 Å². The monoisotopic (exact) mass is 237 g/mol. The van der Waals surface area contributed by atoms with E-state index in [9.17, 15) is 4.79 Å². The summed E-state index contributed by atoms with van der Waals surface area (Å²) in [6, 6.07) is 4.88. The van der Waals surface area contributed by atoms with E-state index in [0.717, 1.165) is 0 Å². The fraction of sp³-hybridized carbons (Fsp3) is 0.333. The number of ether oxygens (including phenoxy) is 2. The van der Waals surface area contributed by atoms with Crippen molar-refractivity contribution in [2.24, 2.45) is 5.16 Å². The first kappa shape index (κ1) is 13.0. The van der Waals surface area contributed by atoms with E-state index < -0.39 is 0 Å². The number of carbonyl (C=O) groups is 1. The van der Waals surface area contributed by atoms with Crippen molar-refractivity contribution in [3.63, 3.8) is 0 Å². The van der Waals surface area contributed by atoms with E-state index in [1.807, 2.05) is 13.8 Å². The molecule has 1 aromatic carbocycles. The number of rotatable bonds is 5. The number of hydrogen-bond donors (Lipinski definition) is 1. The molecule has 0 heterocycles.